The molecule has 4 heteroatoms. The summed E-state index contributed by atoms with van der Waals surface area (Å²) in [6.45, 7) is 2.06. The smallest absolute Gasteiger partial charge is 0.146 e. The number of nitriles is 1. The molecular weight excluding hydrogens is 312 g/mol. The Morgan fingerprint density at radius 2 is 2.14 bits per heavy atom. The van der Waals surface area contributed by atoms with Crippen LogP contribution in [0.2, 0.25) is 5.02 Å². The van der Waals surface area contributed by atoms with Crippen LogP contribution >= 0.6 is 22.9 Å². The van der Waals surface area contributed by atoms with Gasteiger partial charge in [-0.2, -0.15) is 5.26 Å². The zero-order valence-electron chi connectivity index (χ0n) is 12.2. The fourth-order valence-electron chi connectivity index (χ4n) is 3.17. The van der Waals surface area contributed by atoms with Crippen molar-refractivity contribution in [3.05, 3.63) is 69.4 Å². The summed E-state index contributed by atoms with van der Waals surface area (Å²) in [5.41, 5.74) is -0.734. The summed E-state index contributed by atoms with van der Waals surface area (Å²) in [7, 11) is 0. The molecule has 0 spiro atoms. The van der Waals surface area contributed by atoms with Crippen molar-refractivity contribution in [2.45, 2.75) is 24.3 Å². The quantitative estimate of drug-likeness (QED) is 0.778. The van der Waals surface area contributed by atoms with Crippen LogP contribution in [0, 0.1) is 11.3 Å². The molecule has 2 aromatic rings. The number of halogens is 1. The van der Waals surface area contributed by atoms with Crippen LogP contribution in [0.25, 0.3) is 0 Å². The molecule has 0 aliphatic carbocycles. The largest absolute Gasteiger partial charge is 0.280 e. The third kappa shape index (κ3) is 1.95. The number of benzene rings is 1. The fourth-order valence-corrected chi connectivity index (χ4v) is 4.41. The molecule has 0 radical (unpaired) electrons. The maximum Gasteiger partial charge on any atom is 0.146 e. The van der Waals surface area contributed by atoms with Gasteiger partial charge in [0, 0.05) is 16.1 Å². The number of aliphatic imine (C=N–C) groups is 1. The highest BCUT2D eigenvalue weighted by Gasteiger charge is 2.54. The van der Waals surface area contributed by atoms with Gasteiger partial charge in [-0.05, 0) is 35.6 Å². The summed E-state index contributed by atoms with van der Waals surface area (Å²) < 4.78 is 0. The zero-order chi connectivity index (χ0) is 15.6. The normalized spacial score (nSPS) is 22.4. The average Bonchev–Trinajstić information content (AvgIpc) is 3.23. The molecule has 0 amide bonds. The average molecular weight is 327 g/mol. The Bertz CT molecular complexity index is 759. The van der Waals surface area contributed by atoms with Crippen molar-refractivity contribution in [1.29, 1.82) is 5.26 Å². The Morgan fingerprint density at radius 1 is 1.32 bits per heavy atom. The SMILES string of the molecule is CCC1(C(C#N)(c2cccs2)c2ccccc2Cl)C=CC=N1. The maximum atomic E-state index is 10.3. The van der Waals surface area contributed by atoms with Gasteiger partial charge in [0.25, 0.3) is 0 Å². The standard InChI is InChI=1S/C18H15ClN2S/c1-2-17(10-6-11-21-17)18(13-20,16-9-5-12-22-16)14-7-3-4-8-15(14)19/h3-12H,2H2,1H3. The molecule has 0 N–H and O–H groups in total. The molecule has 0 fully saturated rings. The molecule has 1 aromatic carbocycles. The molecule has 1 aliphatic heterocycles. The van der Waals surface area contributed by atoms with Gasteiger partial charge in [-0.3, -0.25) is 4.99 Å². The summed E-state index contributed by atoms with van der Waals surface area (Å²) in [6, 6.07) is 14.1. The van der Waals surface area contributed by atoms with Crippen LogP contribution < -0.4 is 0 Å². The van der Waals surface area contributed by atoms with Gasteiger partial charge in [-0.25, -0.2) is 0 Å². The van der Waals surface area contributed by atoms with Crippen molar-refractivity contribution in [2.24, 2.45) is 4.99 Å². The Hall–Kier alpha value is -1.89. The first-order chi connectivity index (χ1) is 10.7. The first-order valence-electron chi connectivity index (χ1n) is 7.13. The van der Waals surface area contributed by atoms with Crippen molar-refractivity contribution in [3.8, 4) is 6.07 Å². The summed E-state index contributed by atoms with van der Waals surface area (Å²) in [6.07, 6.45) is 6.44. The number of allylic oxidation sites excluding steroid dienone is 1. The molecule has 110 valence electrons. The second-order valence-corrected chi connectivity index (χ2v) is 6.59. The summed E-state index contributed by atoms with van der Waals surface area (Å²) in [5.74, 6) is 0. The Morgan fingerprint density at radius 3 is 2.68 bits per heavy atom. The van der Waals surface area contributed by atoms with E-state index in [-0.39, 0.29) is 0 Å². The van der Waals surface area contributed by atoms with Gasteiger partial charge in [0.05, 0.1) is 6.07 Å². The molecule has 3 rings (SSSR count). The van der Waals surface area contributed by atoms with Crippen LogP contribution in [-0.2, 0) is 5.41 Å². The third-order valence-electron chi connectivity index (χ3n) is 4.29. The molecule has 1 aromatic heterocycles. The topological polar surface area (TPSA) is 36.1 Å². The minimum absolute atomic E-state index is 0.598. The Kier molecular flexibility index (Phi) is 3.90. The van der Waals surface area contributed by atoms with Gasteiger partial charge >= 0.3 is 0 Å². The minimum Gasteiger partial charge on any atom is -0.280 e. The molecule has 22 heavy (non-hydrogen) atoms. The predicted octanol–water partition coefficient (Wildman–Crippen LogP) is 5.00. The number of thiophene rings is 1. The van der Waals surface area contributed by atoms with E-state index < -0.39 is 11.0 Å². The van der Waals surface area contributed by atoms with E-state index in [1.54, 1.807) is 17.6 Å². The predicted molar refractivity (Wildman–Crippen MR) is 92.8 cm³/mol. The highest BCUT2D eigenvalue weighted by atomic mass is 35.5. The Balaban J connectivity index is 2.38. The molecule has 0 bridgehead atoms. The number of hydrogen-bond acceptors (Lipinski definition) is 3. The molecule has 0 saturated carbocycles. The van der Waals surface area contributed by atoms with Crippen LogP contribution in [0.3, 0.4) is 0 Å². The lowest BCUT2D eigenvalue weighted by atomic mass is 9.64. The summed E-state index contributed by atoms with van der Waals surface area (Å²) >= 11 is 8.05. The van der Waals surface area contributed by atoms with E-state index in [1.807, 2.05) is 53.9 Å². The van der Waals surface area contributed by atoms with E-state index in [9.17, 15) is 5.26 Å². The van der Waals surface area contributed by atoms with E-state index in [0.29, 0.717) is 5.02 Å². The van der Waals surface area contributed by atoms with Crippen LogP contribution in [0.15, 0.2) is 58.9 Å². The van der Waals surface area contributed by atoms with Crippen LogP contribution in [-0.4, -0.2) is 11.8 Å². The van der Waals surface area contributed by atoms with Crippen molar-refractivity contribution in [2.75, 3.05) is 0 Å². The summed E-state index contributed by atoms with van der Waals surface area (Å²) in [5, 5.41) is 12.9. The monoisotopic (exact) mass is 326 g/mol. The van der Waals surface area contributed by atoms with Gasteiger partial charge in [0.1, 0.15) is 11.0 Å². The van der Waals surface area contributed by atoms with E-state index in [4.69, 9.17) is 16.6 Å². The van der Waals surface area contributed by atoms with Crippen molar-refractivity contribution in [1.82, 2.24) is 0 Å². The zero-order valence-corrected chi connectivity index (χ0v) is 13.7. The first-order valence-corrected chi connectivity index (χ1v) is 8.39. The highest BCUT2D eigenvalue weighted by molar-refractivity contribution is 7.10. The molecular formula is C18H15ClN2S. The molecule has 1 aliphatic rings. The second kappa shape index (κ2) is 5.72. The highest BCUT2D eigenvalue weighted by Crippen LogP contribution is 2.50. The third-order valence-corrected chi connectivity index (χ3v) is 5.61. The molecule has 2 nitrogen and oxygen atoms in total. The summed E-state index contributed by atoms with van der Waals surface area (Å²) in [4.78, 5) is 5.66. The lowest BCUT2D eigenvalue weighted by Gasteiger charge is -2.40. The van der Waals surface area contributed by atoms with Crippen LogP contribution in [0.5, 0.6) is 0 Å². The molecule has 0 saturated heterocycles. The van der Waals surface area contributed by atoms with E-state index in [0.717, 1.165) is 16.9 Å². The maximum absolute atomic E-state index is 10.3. The lowest BCUT2D eigenvalue weighted by molar-refractivity contribution is 0.393. The van der Waals surface area contributed by atoms with Crippen molar-refractivity contribution < 1.29 is 0 Å². The number of nitrogens with zero attached hydrogens (tertiary/aromatic N) is 2. The fraction of sp³-hybridized carbons (Fsp3) is 0.222. The molecule has 2 atom stereocenters. The van der Waals surface area contributed by atoms with Crippen LogP contribution in [0.4, 0.5) is 0 Å². The van der Waals surface area contributed by atoms with Crippen molar-refractivity contribution in [3.63, 3.8) is 0 Å². The van der Waals surface area contributed by atoms with Gasteiger partial charge in [0.15, 0.2) is 0 Å². The number of rotatable bonds is 4. The van der Waals surface area contributed by atoms with E-state index >= 15 is 0 Å². The lowest BCUT2D eigenvalue weighted by Crippen LogP contribution is -2.47. The van der Waals surface area contributed by atoms with Crippen LogP contribution in [0.1, 0.15) is 23.8 Å². The minimum atomic E-state index is -0.919. The van der Waals surface area contributed by atoms with E-state index in [2.05, 4.69) is 13.0 Å². The number of hydrogen-bond donors (Lipinski definition) is 0. The first kappa shape index (κ1) is 15.0. The van der Waals surface area contributed by atoms with Gasteiger partial charge in [-0.1, -0.05) is 48.9 Å². The Labute approximate surface area is 139 Å². The van der Waals surface area contributed by atoms with E-state index in [1.165, 1.54) is 0 Å². The van der Waals surface area contributed by atoms with Crippen molar-refractivity contribution >= 4 is 29.2 Å². The molecule has 2 heterocycles. The van der Waals surface area contributed by atoms with Gasteiger partial charge in [0.2, 0.25) is 0 Å². The molecule has 2 unspecified atom stereocenters. The second-order valence-electron chi connectivity index (χ2n) is 5.23. The van der Waals surface area contributed by atoms with Gasteiger partial charge in [-0.15, -0.1) is 11.3 Å². The van der Waals surface area contributed by atoms with Gasteiger partial charge < -0.3 is 0 Å².